The Kier molecular flexibility index (Phi) is 9.68. The lowest BCUT2D eigenvalue weighted by Crippen LogP contribution is -2.21. The first-order valence-electron chi connectivity index (χ1n) is 12.4. The Morgan fingerprint density at radius 1 is 1.00 bits per heavy atom. The minimum atomic E-state index is -1.07. The van der Waals surface area contributed by atoms with E-state index in [0.717, 1.165) is 5.75 Å². The number of hydrogen-bond acceptors (Lipinski definition) is 8. The average Bonchev–Trinajstić information content (AvgIpc) is 2.91. The highest BCUT2D eigenvalue weighted by Crippen LogP contribution is 2.35. The highest BCUT2D eigenvalue weighted by atomic mass is 32.2. The zero-order valence-electron chi connectivity index (χ0n) is 20.4. The summed E-state index contributed by atoms with van der Waals surface area (Å²) in [4.78, 5) is 12.6. The predicted molar refractivity (Wildman–Crippen MR) is 141 cm³/mol. The molecule has 0 unspecified atom stereocenters. The monoisotopic (exact) mass is 514 g/mol. The van der Waals surface area contributed by atoms with E-state index in [-0.39, 0.29) is 17.3 Å². The summed E-state index contributed by atoms with van der Waals surface area (Å²) < 4.78 is 37.7. The van der Waals surface area contributed by atoms with Gasteiger partial charge in [-0.1, -0.05) is 24.8 Å². The fraction of sp³-hybridized carbons (Fsp3) is 0.423. The van der Waals surface area contributed by atoms with Gasteiger partial charge in [0.25, 0.3) is 0 Å². The minimum absolute atomic E-state index is 0.0971. The molecule has 2 fully saturated rings. The zero-order valence-corrected chi connectivity index (χ0v) is 21.2. The SMILES string of the molecule is C1CCNCC1.CNc1nccc(-c2cccnc2Oc2ccc(NSCC3CCC3)c(F)c2F)n1. The van der Waals surface area contributed by atoms with Gasteiger partial charge >= 0.3 is 0 Å². The van der Waals surface area contributed by atoms with E-state index in [9.17, 15) is 8.78 Å². The molecule has 0 atom stereocenters. The van der Waals surface area contributed by atoms with Crippen LogP contribution in [0.1, 0.15) is 38.5 Å². The quantitative estimate of drug-likeness (QED) is 0.303. The molecule has 2 aliphatic rings. The lowest BCUT2D eigenvalue weighted by atomic mass is 9.87. The number of pyridine rings is 1. The van der Waals surface area contributed by atoms with Gasteiger partial charge < -0.3 is 20.1 Å². The molecule has 7 nitrogen and oxygen atoms in total. The van der Waals surface area contributed by atoms with Gasteiger partial charge in [0.2, 0.25) is 17.6 Å². The van der Waals surface area contributed by atoms with Crippen LogP contribution in [0.5, 0.6) is 11.6 Å². The van der Waals surface area contributed by atoms with Crippen molar-refractivity contribution in [1.82, 2.24) is 20.3 Å². The van der Waals surface area contributed by atoms with Gasteiger partial charge in [0.15, 0.2) is 11.6 Å². The van der Waals surface area contributed by atoms with E-state index in [0.29, 0.717) is 23.1 Å². The Hall–Kier alpha value is -2.98. The third-order valence-electron chi connectivity index (χ3n) is 6.11. The van der Waals surface area contributed by atoms with Crippen molar-refractivity contribution in [1.29, 1.82) is 0 Å². The molecule has 1 saturated heterocycles. The van der Waals surface area contributed by atoms with Crippen molar-refractivity contribution < 1.29 is 13.5 Å². The van der Waals surface area contributed by atoms with Crippen LogP contribution in [0.25, 0.3) is 11.3 Å². The van der Waals surface area contributed by atoms with Crippen molar-refractivity contribution in [2.75, 3.05) is 35.9 Å². The van der Waals surface area contributed by atoms with E-state index in [4.69, 9.17) is 4.74 Å². The van der Waals surface area contributed by atoms with E-state index < -0.39 is 11.6 Å². The van der Waals surface area contributed by atoms with Gasteiger partial charge in [-0.15, -0.1) is 0 Å². The Morgan fingerprint density at radius 2 is 1.83 bits per heavy atom. The second-order valence-corrected chi connectivity index (χ2v) is 9.56. The van der Waals surface area contributed by atoms with Gasteiger partial charge in [0.1, 0.15) is 0 Å². The molecule has 2 aromatic heterocycles. The summed E-state index contributed by atoms with van der Waals surface area (Å²) in [5.41, 5.74) is 1.18. The number of piperidine rings is 1. The maximum Gasteiger partial charge on any atom is 0.228 e. The number of ether oxygens (including phenoxy) is 1. The van der Waals surface area contributed by atoms with Crippen molar-refractivity contribution in [3.05, 3.63) is 54.4 Å². The van der Waals surface area contributed by atoms with E-state index in [1.165, 1.54) is 81.9 Å². The van der Waals surface area contributed by atoms with Crippen molar-refractivity contribution in [2.24, 2.45) is 5.92 Å². The van der Waals surface area contributed by atoms with Crippen LogP contribution in [0.15, 0.2) is 42.7 Å². The van der Waals surface area contributed by atoms with Crippen molar-refractivity contribution >= 4 is 23.6 Å². The third-order valence-corrected chi connectivity index (χ3v) is 7.12. The number of anilines is 2. The molecule has 0 spiro atoms. The molecule has 1 aromatic carbocycles. The molecule has 5 rings (SSSR count). The molecule has 36 heavy (non-hydrogen) atoms. The molecule has 3 aromatic rings. The molecule has 3 heterocycles. The summed E-state index contributed by atoms with van der Waals surface area (Å²) in [5, 5.41) is 6.14. The van der Waals surface area contributed by atoms with Gasteiger partial charge in [-0.3, -0.25) is 0 Å². The topological polar surface area (TPSA) is 84.0 Å². The standard InChI is InChI=1S/C21H21F2N5OS.C5H11N/c1-24-21-26-11-9-15(27-21)14-6-3-10-25-20(14)29-17-8-7-16(18(22)19(17)23)28-30-12-13-4-2-5-13;1-2-4-6-5-3-1/h3,6-11,13,28H,2,4-5,12H2,1H3,(H,24,26,27);6H,1-5H2. The third kappa shape index (κ3) is 7.04. The minimum Gasteiger partial charge on any atom is -0.435 e. The summed E-state index contributed by atoms with van der Waals surface area (Å²) in [6.07, 6.45) is 11.0. The summed E-state index contributed by atoms with van der Waals surface area (Å²) >= 11 is 1.40. The number of hydrogen-bond donors (Lipinski definition) is 3. The lowest BCUT2D eigenvalue weighted by Gasteiger charge is -2.24. The Bertz CT molecular complexity index is 1120. The zero-order chi connectivity index (χ0) is 25.2. The molecular weight excluding hydrogens is 482 g/mol. The van der Waals surface area contributed by atoms with Gasteiger partial charge in [0.05, 0.1) is 16.9 Å². The normalized spacial score (nSPS) is 15.3. The number of nitrogens with zero attached hydrogens (tertiary/aromatic N) is 3. The molecular formula is C26H32F2N6OS. The van der Waals surface area contributed by atoms with Gasteiger partial charge in [-0.05, 0) is 75.0 Å². The van der Waals surface area contributed by atoms with Crippen LogP contribution in [0.3, 0.4) is 0 Å². The fourth-order valence-corrected chi connectivity index (χ4v) is 4.75. The number of rotatable bonds is 8. The molecule has 3 N–H and O–H groups in total. The van der Waals surface area contributed by atoms with Crippen LogP contribution in [0.2, 0.25) is 0 Å². The number of nitrogens with one attached hydrogen (secondary N) is 3. The van der Waals surface area contributed by atoms with Crippen molar-refractivity contribution in [3.63, 3.8) is 0 Å². The summed E-state index contributed by atoms with van der Waals surface area (Å²) in [6.45, 7) is 2.50. The van der Waals surface area contributed by atoms with Crippen LogP contribution >= 0.6 is 11.9 Å². The van der Waals surface area contributed by atoms with E-state index in [1.54, 1.807) is 31.4 Å². The maximum absolute atomic E-state index is 14.7. The highest BCUT2D eigenvalue weighted by molar-refractivity contribution is 8.00. The van der Waals surface area contributed by atoms with Crippen molar-refractivity contribution in [3.8, 4) is 22.9 Å². The Balaban J connectivity index is 0.000000445. The van der Waals surface area contributed by atoms with Crippen LogP contribution < -0.4 is 20.1 Å². The maximum atomic E-state index is 14.7. The predicted octanol–water partition coefficient (Wildman–Crippen LogP) is 6.27. The molecule has 10 heteroatoms. The van der Waals surface area contributed by atoms with E-state index in [1.807, 2.05) is 0 Å². The number of halogens is 2. The van der Waals surface area contributed by atoms with Gasteiger partial charge in [0, 0.05) is 25.2 Å². The van der Waals surface area contributed by atoms with Gasteiger partial charge in [-0.2, -0.15) is 4.39 Å². The summed E-state index contributed by atoms with van der Waals surface area (Å²) in [7, 11) is 1.71. The summed E-state index contributed by atoms with van der Waals surface area (Å²) in [5.74, 6) is -0.212. The van der Waals surface area contributed by atoms with Crippen LogP contribution in [0.4, 0.5) is 20.4 Å². The van der Waals surface area contributed by atoms with E-state index in [2.05, 4.69) is 30.3 Å². The van der Waals surface area contributed by atoms with E-state index >= 15 is 0 Å². The second kappa shape index (κ2) is 13.4. The van der Waals surface area contributed by atoms with Crippen molar-refractivity contribution in [2.45, 2.75) is 38.5 Å². The molecule has 1 aliphatic carbocycles. The molecule has 0 bridgehead atoms. The Labute approximate surface area is 215 Å². The smallest absolute Gasteiger partial charge is 0.228 e. The molecule has 1 saturated carbocycles. The highest BCUT2D eigenvalue weighted by Gasteiger charge is 2.20. The lowest BCUT2D eigenvalue weighted by molar-refractivity contribution is 0.353. The average molecular weight is 515 g/mol. The Morgan fingerprint density at radius 3 is 2.50 bits per heavy atom. The number of benzene rings is 1. The fourth-order valence-electron chi connectivity index (χ4n) is 3.79. The van der Waals surface area contributed by atoms with Crippen LogP contribution in [-0.2, 0) is 0 Å². The van der Waals surface area contributed by atoms with Crippen LogP contribution in [0, 0.1) is 17.6 Å². The summed E-state index contributed by atoms with van der Waals surface area (Å²) in [6, 6.07) is 8.00. The largest absolute Gasteiger partial charge is 0.435 e. The first-order valence-corrected chi connectivity index (χ1v) is 13.3. The first kappa shape index (κ1) is 26.1. The second-order valence-electron chi connectivity index (χ2n) is 8.73. The molecule has 0 radical (unpaired) electrons. The van der Waals surface area contributed by atoms with Gasteiger partial charge in [-0.25, -0.2) is 19.3 Å². The molecule has 192 valence electrons. The first-order chi connectivity index (χ1) is 17.7. The molecule has 0 amide bonds. The van der Waals surface area contributed by atoms with Crippen LogP contribution in [-0.4, -0.2) is 40.8 Å². The number of aromatic nitrogens is 3. The molecule has 1 aliphatic heterocycles.